The van der Waals surface area contributed by atoms with E-state index in [9.17, 15) is 9.59 Å². The number of amidine groups is 1. The number of aromatic nitrogens is 2. The van der Waals surface area contributed by atoms with Gasteiger partial charge in [-0.05, 0) is 25.3 Å². The molecule has 2 N–H and O–H groups in total. The van der Waals surface area contributed by atoms with Crippen molar-refractivity contribution in [2.45, 2.75) is 6.92 Å². The van der Waals surface area contributed by atoms with Gasteiger partial charge in [0, 0.05) is 5.56 Å². The van der Waals surface area contributed by atoms with Crippen LogP contribution in [0.3, 0.4) is 0 Å². The maximum atomic E-state index is 12.1. The molecule has 0 radical (unpaired) electrons. The number of nitrogens with one attached hydrogen (secondary N) is 2. The standard InChI is InChI=1S/C15H16N4O3S/c1-3-22-14(21)11-12(17-9-16-11)18-15(23-2)19-13(20)10-7-5-4-6-8-10/h4-9H,3H2,1-2H3,(H,16,17)(H,18,19,20). The molecule has 0 aliphatic rings. The molecule has 7 nitrogen and oxygen atoms in total. The smallest absolute Gasteiger partial charge is 0.358 e. The number of hydrogen-bond acceptors (Lipinski definition) is 6. The van der Waals surface area contributed by atoms with Crippen molar-refractivity contribution in [3.05, 3.63) is 47.9 Å². The number of H-pyrrole nitrogens is 1. The molecule has 1 aromatic heterocycles. The number of carbonyl (C=O) groups is 2. The van der Waals surface area contributed by atoms with E-state index in [-0.39, 0.29) is 24.0 Å². The van der Waals surface area contributed by atoms with E-state index in [1.165, 1.54) is 18.1 Å². The quantitative estimate of drug-likeness (QED) is 0.509. The maximum absolute atomic E-state index is 12.1. The first-order chi connectivity index (χ1) is 11.2. The Bertz CT molecular complexity index is 713. The Labute approximate surface area is 137 Å². The average molecular weight is 332 g/mol. The lowest BCUT2D eigenvalue weighted by molar-refractivity contribution is 0.0521. The molecule has 0 spiro atoms. The van der Waals surface area contributed by atoms with E-state index in [4.69, 9.17) is 4.74 Å². The van der Waals surface area contributed by atoms with E-state index < -0.39 is 5.97 Å². The minimum Gasteiger partial charge on any atom is -0.461 e. The van der Waals surface area contributed by atoms with Crippen molar-refractivity contribution in [3.8, 4) is 0 Å². The SMILES string of the molecule is CCOC(=O)c1[nH]cnc1/N=C(/NC(=O)c1ccccc1)SC. The number of amides is 1. The molecule has 0 atom stereocenters. The molecule has 0 aliphatic carbocycles. The molecule has 23 heavy (non-hydrogen) atoms. The van der Waals surface area contributed by atoms with Gasteiger partial charge in [-0.25, -0.2) is 14.8 Å². The lowest BCUT2D eigenvalue weighted by Gasteiger charge is -2.06. The molecule has 1 heterocycles. The van der Waals surface area contributed by atoms with Crippen LogP contribution in [-0.2, 0) is 4.74 Å². The number of esters is 1. The lowest BCUT2D eigenvalue weighted by Crippen LogP contribution is -2.28. The lowest BCUT2D eigenvalue weighted by atomic mass is 10.2. The van der Waals surface area contributed by atoms with E-state index in [2.05, 4.69) is 20.3 Å². The summed E-state index contributed by atoms with van der Waals surface area (Å²) in [6.45, 7) is 1.96. The Morgan fingerprint density at radius 2 is 2.09 bits per heavy atom. The summed E-state index contributed by atoms with van der Waals surface area (Å²) in [6, 6.07) is 8.78. The predicted molar refractivity (Wildman–Crippen MR) is 89.1 cm³/mol. The molecule has 8 heteroatoms. The van der Waals surface area contributed by atoms with Crippen LogP contribution in [0.25, 0.3) is 0 Å². The summed E-state index contributed by atoms with van der Waals surface area (Å²) in [7, 11) is 0. The van der Waals surface area contributed by atoms with Gasteiger partial charge in [-0.1, -0.05) is 30.0 Å². The van der Waals surface area contributed by atoms with Crippen molar-refractivity contribution in [1.82, 2.24) is 15.3 Å². The van der Waals surface area contributed by atoms with Gasteiger partial charge in [0.05, 0.1) is 12.9 Å². The Morgan fingerprint density at radius 1 is 1.35 bits per heavy atom. The van der Waals surface area contributed by atoms with Crippen molar-refractivity contribution in [2.24, 2.45) is 4.99 Å². The number of nitrogens with zero attached hydrogens (tertiary/aromatic N) is 2. The summed E-state index contributed by atoms with van der Waals surface area (Å²) >= 11 is 1.24. The van der Waals surface area contributed by atoms with Gasteiger partial charge in [0.1, 0.15) is 0 Å². The van der Waals surface area contributed by atoms with Gasteiger partial charge in [-0.15, -0.1) is 0 Å². The number of rotatable bonds is 4. The first kappa shape index (κ1) is 16.8. The molecule has 0 fully saturated rings. The Balaban J connectivity index is 2.18. The van der Waals surface area contributed by atoms with Gasteiger partial charge in [-0.3, -0.25) is 4.79 Å². The van der Waals surface area contributed by atoms with Gasteiger partial charge in [-0.2, -0.15) is 0 Å². The second-order valence-electron chi connectivity index (χ2n) is 4.26. The third kappa shape index (κ3) is 4.43. The molecule has 120 valence electrons. The van der Waals surface area contributed by atoms with Gasteiger partial charge < -0.3 is 15.0 Å². The van der Waals surface area contributed by atoms with Crippen LogP contribution < -0.4 is 5.32 Å². The second kappa shape index (κ2) is 8.14. The monoisotopic (exact) mass is 332 g/mol. The number of hydrogen-bond donors (Lipinski definition) is 2. The highest BCUT2D eigenvalue weighted by molar-refractivity contribution is 8.13. The van der Waals surface area contributed by atoms with Crippen LogP contribution in [-0.4, -0.2) is 39.9 Å². The second-order valence-corrected chi connectivity index (χ2v) is 5.06. The van der Waals surface area contributed by atoms with Crippen molar-refractivity contribution in [2.75, 3.05) is 12.9 Å². The largest absolute Gasteiger partial charge is 0.461 e. The molecule has 2 rings (SSSR count). The number of aliphatic imine (C=N–C) groups is 1. The first-order valence-electron chi connectivity index (χ1n) is 6.85. The van der Waals surface area contributed by atoms with Gasteiger partial charge in [0.25, 0.3) is 5.91 Å². The number of carbonyl (C=O) groups excluding carboxylic acids is 2. The third-order valence-electron chi connectivity index (χ3n) is 2.76. The van der Waals surface area contributed by atoms with Gasteiger partial charge >= 0.3 is 5.97 Å². The van der Waals surface area contributed by atoms with Crippen molar-refractivity contribution < 1.29 is 14.3 Å². The third-order valence-corrected chi connectivity index (χ3v) is 3.34. The van der Waals surface area contributed by atoms with Crippen LogP contribution in [0.1, 0.15) is 27.8 Å². The fraction of sp³-hybridized carbons (Fsp3) is 0.200. The van der Waals surface area contributed by atoms with Crippen LogP contribution in [0.2, 0.25) is 0 Å². The minimum atomic E-state index is -0.543. The van der Waals surface area contributed by atoms with E-state index in [0.717, 1.165) is 0 Å². The molecule has 0 saturated carbocycles. The summed E-state index contributed by atoms with van der Waals surface area (Å²) in [5.41, 5.74) is 0.661. The van der Waals surface area contributed by atoms with Gasteiger partial charge in [0.15, 0.2) is 16.7 Å². The molecule has 1 amide bonds. The topological polar surface area (TPSA) is 96.4 Å². The number of imidazole rings is 1. The normalized spacial score (nSPS) is 11.1. The van der Waals surface area contributed by atoms with Crippen molar-refractivity contribution in [3.63, 3.8) is 0 Å². The van der Waals surface area contributed by atoms with Crippen LogP contribution in [0, 0.1) is 0 Å². The molecule has 0 unspecified atom stereocenters. The molecule has 0 saturated heterocycles. The first-order valence-corrected chi connectivity index (χ1v) is 8.07. The van der Waals surface area contributed by atoms with Crippen LogP contribution in [0.4, 0.5) is 5.82 Å². The maximum Gasteiger partial charge on any atom is 0.358 e. The Hall–Kier alpha value is -2.61. The predicted octanol–water partition coefficient (Wildman–Crippen LogP) is 2.37. The van der Waals surface area contributed by atoms with Crippen LogP contribution in [0.5, 0.6) is 0 Å². The number of thioether (sulfide) groups is 1. The van der Waals surface area contributed by atoms with Crippen LogP contribution >= 0.6 is 11.8 Å². The fourth-order valence-corrected chi connectivity index (χ4v) is 2.08. The van der Waals surface area contributed by atoms with Crippen LogP contribution in [0.15, 0.2) is 41.7 Å². The van der Waals surface area contributed by atoms with Crippen molar-refractivity contribution >= 4 is 34.6 Å². The number of aromatic amines is 1. The summed E-state index contributed by atoms with van der Waals surface area (Å²) in [5.74, 6) is -0.660. The Kier molecular flexibility index (Phi) is 5.93. The zero-order chi connectivity index (χ0) is 16.7. The number of benzene rings is 1. The molecular formula is C15H16N4O3S. The molecule has 0 aliphatic heterocycles. The molecule has 2 aromatic rings. The molecular weight excluding hydrogens is 316 g/mol. The van der Waals surface area contributed by atoms with E-state index in [0.29, 0.717) is 10.7 Å². The fourth-order valence-electron chi connectivity index (χ4n) is 1.70. The summed E-state index contributed by atoms with van der Waals surface area (Å²) in [5, 5.41) is 3.02. The highest BCUT2D eigenvalue weighted by atomic mass is 32.2. The minimum absolute atomic E-state index is 0.146. The summed E-state index contributed by atoms with van der Waals surface area (Å²) in [6.07, 6.45) is 3.11. The highest BCUT2D eigenvalue weighted by Crippen LogP contribution is 2.16. The summed E-state index contributed by atoms with van der Waals surface area (Å²) in [4.78, 5) is 34.8. The molecule has 1 aromatic carbocycles. The van der Waals surface area contributed by atoms with E-state index in [1.807, 2.05) is 6.07 Å². The molecule has 0 bridgehead atoms. The highest BCUT2D eigenvalue weighted by Gasteiger charge is 2.16. The Morgan fingerprint density at radius 3 is 2.74 bits per heavy atom. The zero-order valence-corrected chi connectivity index (χ0v) is 13.5. The van der Waals surface area contributed by atoms with Gasteiger partial charge in [0.2, 0.25) is 0 Å². The summed E-state index contributed by atoms with van der Waals surface area (Å²) < 4.78 is 4.92. The van der Waals surface area contributed by atoms with E-state index >= 15 is 0 Å². The zero-order valence-electron chi connectivity index (χ0n) is 12.7. The average Bonchev–Trinajstić information content (AvgIpc) is 3.03. The van der Waals surface area contributed by atoms with Crippen molar-refractivity contribution in [1.29, 1.82) is 0 Å². The number of ether oxygens (including phenoxy) is 1. The van der Waals surface area contributed by atoms with E-state index in [1.54, 1.807) is 37.4 Å².